The number of hydrogen-bond acceptors (Lipinski definition) is 6. The van der Waals surface area contributed by atoms with Gasteiger partial charge in [0.2, 0.25) is 11.8 Å². The molecule has 2 aliphatic rings. The number of nitrogens with zero attached hydrogens (tertiary/aromatic N) is 6. The summed E-state index contributed by atoms with van der Waals surface area (Å²) in [6.07, 6.45) is 3.63. The number of hydrogen-bond donors (Lipinski definition) is 2. The minimum Gasteiger partial charge on any atom is -0.344 e. The van der Waals surface area contributed by atoms with Crippen LogP contribution in [0, 0.1) is 6.92 Å². The molecule has 0 radical (unpaired) electrons. The zero-order valence-corrected chi connectivity index (χ0v) is 25.0. The van der Waals surface area contributed by atoms with Gasteiger partial charge in [-0.2, -0.15) is 10.2 Å². The van der Waals surface area contributed by atoms with Crippen molar-refractivity contribution < 1.29 is 14.4 Å². The molecule has 2 aromatic heterocycles. The second kappa shape index (κ2) is 13.2. The number of aryl methyl sites for hydroxylation is 1. The normalized spacial score (nSPS) is 19.9. The van der Waals surface area contributed by atoms with Gasteiger partial charge in [0, 0.05) is 31.6 Å². The molecule has 1 saturated heterocycles. The largest absolute Gasteiger partial charge is 0.344 e. The molecule has 0 saturated carbocycles. The molecule has 0 bridgehead atoms. The van der Waals surface area contributed by atoms with Crippen LogP contribution in [0.2, 0.25) is 0 Å². The molecular weight excluding hydrogens is 556 g/mol. The van der Waals surface area contributed by atoms with Crippen LogP contribution in [0.4, 0.5) is 0 Å². The van der Waals surface area contributed by atoms with E-state index in [2.05, 4.69) is 20.6 Å². The molecule has 11 nitrogen and oxygen atoms in total. The van der Waals surface area contributed by atoms with Crippen molar-refractivity contribution in [3.63, 3.8) is 0 Å². The molecule has 0 spiro atoms. The van der Waals surface area contributed by atoms with Crippen LogP contribution in [-0.4, -0.2) is 78.2 Å². The third kappa shape index (κ3) is 6.56. The van der Waals surface area contributed by atoms with Crippen molar-refractivity contribution in [1.29, 1.82) is 0 Å². The van der Waals surface area contributed by atoms with E-state index in [9.17, 15) is 14.4 Å². The molecule has 2 aromatic carbocycles. The SMILES string of the molecule is Cc1nc2n(n1)CCN(C(=O)c1cc(-c3ccccc3)n[nH]1)CCCC(=O)N1CCCC[C@H]1C(=O)N[C@@H]2Cc1ccccc1. The first-order valence-electron chi connectivity index (χ1n) is 15.4. The van der Waals surface area contributed by atoms with Crippen LogP contribution >= 0.6 is 0 Å². The van der Waals surface area contributed by atoms with E-state index in [4.69, 9.17) is 4.98 Å². The van der Waals surface area contributed by atoms with Crippen LogP contribution in [0.25, 0.3) is 11.3 Å². The molecule has 2 aliphatic heterocycles. The topological polar surface area (TPSA) is 129 Å². The van der Waals surface area contributed by atoms with E-state index in [0.717, 1.165) is 24.0 Å². The van der Waals surface area contributed by atoms with Crippen molar-refractivity contribution in [3.05, 3.63) is 89.6 Å². The van der Waals surface area contributed by atoms with Gasteiger partial charge in [0.15, 0.2) is 0 Å². The summed E-state index contributed by atoms with van der Waals surface area (Å²) in [5, 5.41) is 15.2. The van der Waals surface area contributed by atoms with Gasteiger partial charge in [-0.1, -0.05) is 60.7 Å². The van der Waals surface area contributed by atoms with Crippen molar-refractivity contribution >= 4 is 17.7 Å². The quantitative estimate of drug-likeness (QED) is 0.371. The summed E-state index contributed by atoms with van der Waals surface area (Å²) in [5.41, 5.74) is 3.04. The van der Waals surface area contributed by atoms with Gasteiger partial charge in [-0.3, -0.25) is 19.5 Å². The van der Waals surface area contributed by atoms with Gasteiger partial charge >= 0.3 is 0 Å². The lowest BCUT2D eigenvalue weighted by molar-refractivity contribution is -0.142. The fraction of sp³-hybridized carbons (Fsp3) is 0.394. The van der Waals surface area contributed by atoms with E-state index in [-0.39, 0.29) is 24.1 Å². The van der Waals surface area contributed by atoms with Crippen molar-refractivity contribution in [2.45, 2.75) is 64.1 Å². The second-order valence-electron chi connectivity index (χ2n) is 11.5. The van der Waals surface area contributed by atoms with E-state index >= 15 is 0 Å². The summed E-state index contributed by atoms with van der Waals surface area (Å²) >= 11 is 0. The molecule has 0 aliphatic carbocycles. The Bertz CT molecular complexity index is 1600. The molecule has 4 aromatic rings. The molecular formula is C33H38N8O3. The first-order chi connectivity index (χ1) is 21.5. The second-order valence-corrected chi connectivity index (χ2v) is 11.5. The summed E-state index contributed by atoms with van der Waals surface area (Å²) in [6, 6.07) is 20.4. The lowest BCUT2D eigenvalue weighted by atomic mass is 9.99. The highest BCUT2D eigenvalue weighted by Gasteiger charge is 2.34. The number of benzene rings is 2. The number of nitrogens with one attached hydrogen (secondary N) is 2. The van der Waals surface area contributed by atoms with Gasteiger partial charge in [-0.15, -0.1) is 0 Å². The standard InChI is InChI=1S/C33H38N8O3/c1-23-34-31-27(21-24-11-4-2-5-12-24)35-32(43)29-15-8-9-18-40(29)30(42)16-10-17-39(19-20-41(31)38-23)33(44)28-22-26(36-37-28)25-13-6-3-7-14-25/h2-7,11-14,22,27,29H,8-10,15-21H2,1H3,(H,35,43)(H,36,37)/t27-,29+/m1/s1. The smallest absolute Gasteiger partial charge is 0.271 e. The molecule has 0 unspecified atom stereocenters. The Kier molecular flexibility index (Phi) is 8.81. The molecule has 11 heteroatoms. The third-order valence-corrected chi connectivity index (χ3v) is 8.41. The van der Waals surface area contributed by atoms with Gasteiger partial charge < -0.3 is 15.1 Å². The zero-order valence-electron chi connectivity index (χ0n) is 25.0. The lowest BCUT2D eigenvalue weighted by Crippen LogP contribution is -2.53. The van der Waals surface area contributed by atoms with Gasteiger partial charge in [-0.25, -0.2) is 9.67 Å². The summed E-state index contributed by atoms with van der Waals surface area (Å²) in [7, 11) is 0. The van der Waals surface area contributed by atoms with Gasteiger partial charge in [0.25, 0.3) is 5.91 Å². The Hall–Kier alpha value is -4.80. The summed E-state index contributed by atoms with van der Waals surface area (Å²) < 4.78 is 1.81. The molecule has 4 heterocycles. The van der Waals surface area contributed by atoms with Crippen LogP contribution < -0.4 is 5.32 Å². The van der Waals surface area contributed by atoms with Gasteiger partial charge in [0.05, 0.1) is 18.3 Å². The van der Waals surface area contributed by atoms with Crippen LogP contribution in [0.5, 0.6) is 0 Å². The minimum atomic E-state index is -0.533. The molecule has 1 fully saturated rings. The van der Waals surface area contributed by atoms with Crippen molar-refractivity contribution in [3.8, 4) is 11.3 Å². The average molecular weight is 595 g/mol. The molecule has 2 N–H and O–H groups in total. The predicted molar refractivity (Wildman–Crippen MR) is 164 cm³/mol. The number of piperidine rings is 1. The number of aromatic nitrogens is 5. The summed E-state index contributed by atoms with van der Waals surface area (Å²) in [4.78, 5) is 49.3. The number of carbonyl (C=O) groups excluding carboxylic acids is 3. The third-order valence-electron chi connectivity index (χ3n) is 8.41. The van der Waals surface area contributed by atoms with Crippen LogP contribution in [0.3, 0.4) is 0 Å². The maximum Gasteiger partial charge on any atom is 0.271 e. The minimum absolute atomic E-state index is 0.0548. The Morgan fingerprint density at radius 2 is 1.70 bits per heavy atom. The van der Waals surface area contributed by atoms with Crippen molar-refractivity contribution in [2.24, 2.45) is 0 Å². The fourth-order valence-corrected chi connectivity index (χ4v) is 6.17. The number of H-pyrrole nitrogens is 1. The monoisotopic (exact) mass is 594 g/mol. The number of rotatable bonds is 4. The van der Waals surface area contributed by atoms with E-state index < -0.39 is 12.1 Å². The average Bonchev–Trinajstić information content (AvgIpc) is 3.69. The molecule has 2 atom stereocenters. The van der Waals surface area contributed by atoms with Crippen molar-refractivity contribution in [2.75, 3.05) is 19.6 Å². The highest BCUT2D eigenvalue weighted by Crippen LogP contribution is 2.24. The predicted octanol–water partition coefficient (Wildman–Crippen LogP) is 3.69. The lowest BCUT2D eigenvalue weighted by Gasteiger charge is -2.36. The van der Waals surface area contributed by atoms with Crippen molar-refractivity contribution in [1.82, 2.24) is 40.1 Å². The molecule has 3 amide bonds. The number of aromatic amines is 1. The first-order valence-corrected chi connectivity index (χ1v) is 15.4. The number of fused-ring (bicyclic) bond motifs is 2. The highest BCUT2D eigenvalue weighted by atomic mass is 16.2. The Labute approximate surface area is 256 Å². The van der Waals surface area contributed by atoms with Crippen LogP contribution in [-0.2, 0) is 22.6 Å². The Balaban J connectivity index is 1.31. The van der Waals surface area contributed by atoms with Gasteiger partial charge in [-0.05, 0) is 50.7 Å². The summed E-state index contributed by atoms with van der Waals surface area (Å²) in [5.74, 6) is 0.813. The number of amides is 3. The van der Waals surface area contributed by atoms with E-state index in [1.165, 1.54) is 0 Å². The van der Waals surface area contributed by atoms with Crippen LogP contribution in [0.15, 0.2) is 66.7 Å². The zero-order chi connectivity index (χ0) is 30.5. The maximum atomic E-state index is 13.8. The maximum absolute atomic E-state index is 13.8. The Morgan fingerprint density at radius 1 is 0.932 bits per heavy atom. The van der Waals surface area contributed by atoms with E-state index in [0.29, 0.717) is 68.5 Å². The molecule has 44 heavy (non-hydrogen) atoms. The van der Waals surface area contributed by atoms with Crippen LogP contribution in [0.1, 0.15) is 65.8 Å². The van der Waals surface area contributed by atoms with E-state index in [1.807, 2.05) is 67.6 Å². The van der Waals surface area contributed by atoms with E-state index in [1.54, 1.807) is 20.5 Å². The van der Waals surface area contributed by atoms with Gasteiger partial charge in [0.1, 0.15) is 23.4 Å². The Morgan fingerprint density at radius 3 is 2.50 bits per heavy atom. The first kappa shape index (κ1) is 29.3. The number of carbonyl (C=O) groups is 3. The molecule has 6 rings (SSSR count). The highest BCUT2D eigenvalue weighted by molar-refractivity contribution is 5.93. The fourth-order valence-electron chi connectivity index (χ4n) is 6.17. The summed E-state index contributed by atoms with van der Waals surface area (Å²) in [6.45, 7) is 3.49. The molecule has 228 valence electrons.